The van der Waals surface area contributed by atoms with Gasteiger partial charge < -0.3 is 19.9 Å². The average Bonchev–Trinajstić information content (AvgIpc) is 3.06. The Hall–Kier alpha value is -2.34. The van der Waals surface area contributed by atoms with Crippen LogP contribution in [-0.4, -0.2) is 35.7 Å². The second-order valence-corrected chi connectivity index (χ2v) is 5.57. The zero-order valence-electron chi connectivity index (χ0n) is 13.7. The SMILES string of the molecule is CNC(=O)COc1ccccc1CNCC(C)Cn1ccnc1. The Morgan fingerprint density at radius 1 is 1.39 bits per heavy atom. The normalized spacial score (nSPS) is 11.9. The first kappa shape index (κ1) is 17.0. The van der Waals surface area contributed by atoms with Gasteiger partial charge in [0, 0.05) is 38.1 Å². The molecule has 6 nitrogen and oxygen atoms in total. The number of aromatic nitrogens is 2. The molecule has 1 aromatic heterocycles. The van der Waals surface area contributed by atoms with Gasteiger partial charge in [-0.1, -0.05) is 25.1 Å². The molecule has 1 amide bonds. The highest BCUT2D eigenvalue weighted by Gasteiger charge is 2.07. The van der Waals surface area contributed by atoms with Crippen molar-refractivity contribution in [2.45, 2.75) is 20.0 Å². The number of rotatable bonds is 9. The van der Waals surface area contributed by atoms with Gasteiger partial charge in [0.2, 0.25) is 0 Å². The highest BCUT2D eigenvalue weighted by Crippen LogP contribution is 2.17. The van der Waals surface area contributed by atoms with Crippen LogP contribution in [-0.2, 0) is 17.9 Å². The van der Waals surface area contributed by atoms with Crippen molar-refractivity contribution in [2.24, 2.45) is 5.92 Å². The molecular formula is C17H24N4O2. The van der Waals surface area contributed by atoms with Crippen LogP contribution in [0.25, 0.3) is 0 Å². The summed E-state index contributed by atoms with van der Waals surface area (Å²) in [6.07, 6.45) is 5.59. The van der Waals surface area contributed by atoms with E-state index >= 15 is 0 Å². The third-order valence-corrected chi connectivity index (χ3v) is 3.50. The number of imidazole rings is 1. The number of ether oxygens (including phenoxy) is 1. The minimum absolute atomic E-state index is 0.0323. The van der Waals surface area contributed by atoms with E-state index in [0.717, 1.165) is 24.4 Å². The maximum atomic E-state index is 11.3. The van der Waals surface area contributed by atoms with Crippen LogP contribution in [0.3, 0.4) is 0 Å². The van der Waals surface area contributed by atoms with Crippen LogP contribution in [0.2, 0.25) is 0 Å². The molecule has 0 bridgehead atoms. The lowest BCUT2D eigenvalue weighted by Crippen LogP contribution is -2.26. The molecule has 2 rings (SSSR count). The number of likely N-dealkylation sites (N-methyl/N-ethyl adjacent to an activating group) is 1. The average molecular weight is 316 g/mol. The number of nitrogens with one attached hydrogen (secondary N) is 2. The van der Waals surface area contributed by atoms with Crippen molar-refractivity contribution in [1.29, 1.82) is 0 Å². The Labute approximate surface area is 136 Å². The highest BCUT2D eigenvalue weighted by molar-refractivity contribution is 5.77. The van der Waals surface area contributed by atoms with E-state index < -0.39 is 0 Å². The molecule has 0 aliphatic heterocycles. The standard InChI is InChI=1S/C17H24N4O2/c1-14(11-21-8-7-19-13-21)9-20-10-15-5-3-4-6-16(15)23-12-17(22)18-2/h3-8,13-14,20H,9-12H2,1-2H3,(H,18,22). The zero-order chi connectivity index (χ0) is 16.5. The summed E-state index contributed by atoms with van der Waals surface area (Å²) in [5.74, 6) is 1.09. The summed E-state index contributed by atoms with van der Waals surface area (Å²) in [5, 5.41) is 5.99. The number of benzene rings is 1. The summed E-state index contributed by atoms with van der Waals surface area (Å²) < 4.78 is 7.64. The molecule has 0 aliphatic carbocycles. The molecule has 2 aromatic rings. The summed E-state index contributed by atoms with van der Waals surface area (Å²) >= 11 is 0. The van der Waals surface area contributed by atoms with Gasteiger partial charge in [-0.15, -0.1) is 0 Å². The monoisotopic (exact) mass is 316 g/mol. The molecule has 0 saturated carbocycles. The van der Waals surface area contributed by atoms with Crippen LogP contribution >= 0.6 is 0 Å². The quantitative estimate of drug-likeness (QED) is 0.734. The van der Waals surface area contributed by atoms with Gasteiger partial charge in [0.15, 0.2) is 6.61 Å². The molecule has 2 N–H and O–H groups in total. The minimum Gasteiger partial charge on any atom is -0.483 e. The molecule has 0 radical (unpaired) electrons. The second-order valence-electron chi connectivity index (χ2n) is 5.57. The lowest BCUT2D eigenvalue weighted by molar-refractivity contribution is -0.122. The van der Waals surface area contributed by atoms with Crippen LogP contribution in [0, 0.1) is 5.92 Å². The van der Waals surface area contributed by atoms with E-state index in [2.05, 4.69) is 27.1 Å². The van der Waals surface area contributed by atoms with E-state index in [1.807, 2.05) is 36.8 Å². The van der Waals surface area contributed by atoms with Crippen molar-refractivity contribution >= 4 is 5.91 Å². The van der Waals surface area contributed by atoms with Crippen LogP contribution in [0.15, 0.2) is 43.0 Å². The first-order valence-electron chi connectivity index (χ1n) is 7.76. The predicted octanol–water partition coefficient (Wildman–Crippen LogP) is 1.43. The van der Waals surface area contributed by atoms with E-state index in [1.54, 1.807) is 13.2 Å². The smallest absolute Gasteiger partial charge is 0.257 e. The second kappa shape index (κ2) is 8.95. The number of hydrogen-bond acceptors (Lipinski definition) is 4. The molecule has 1 unspecified atom stereocenters. The number of carbonyl (C=O) groups excluding carboxylic acids is 1. The van der Waals surface area contributed by atoms with Crippen molar-refractivity contribution in [3.8, 4) is 5.75 Å². The third kappa shape index (κ3) is 5.75. The highest BCUT2D eigenvalue weighted by atomic mass is 16.5. The first-order chi connectivity index (χ1) is 11.2. The Balaban J connectivity index is 1.79. The van der Waals surface area contributed by atoms with Gasteiger partial charge in [-0.25, -0.2) is 4.98 Å². The molecule has 6 heteroatoms. The number of hydrogen-bond donors (Lipinski definition) is 2. The molecule has 0 spiro atoms. The minimum atomic E-state index is -0.137. The third-order valence-electron chi connectivity index (χ3n) is 3.50. The van der Waals surface area contributed by atoms with Crippen molar-refractivity contribution in [1.82, 2.24) is 20.2 Å². The van der Waals surface area contributed by atoms with E-state index in [9.17, 15) is 4.79 Å². The van der Waals surface area contributed by atoms with E-state index in [0.29, 0.717) is 12.5 Å². The van der Waals surface area contributed by atoms with E-state index in [-0.39, 0.29) is 12.5 Å². The molecule has 1 aromatic carbocycles. The Morgan fingerprint density at radius 3 is 2.96 bits per heavy atom. The van der Waals surface area contributed by atoms with Crippen LogP contribution in [0.1, 0.15) is 12.5 Å². The number of carbonyl (C=O) groups is 1. The van der Waals surface area contributed by atoms with E-state index in [1.165, 1.54) is 0 Å². The van der Waals surface area contributed by atoms with Crippen molar-refractivity contribution in [3.63, 3.8) is 0 Å². The molecule has 0 saturated heterocycles. The van der Waals surface area contributed by atoms with Gasteiger partial charge >= 0.3 is 0 Å². The topological polar surface area (TPSA) is 68.2 Å². The number of para-hydroxylation sites is 1. The fourth-order valence-corrected chi connectivity index (χ4v) is 2.28. The maximum absolute atomic E-state index is 11.3. The molecule has 124 valence electrons. The van der Waals surface area contributed by atoms with Gasteiger partial charge in [-0.2, -0.15) is 0 Å². The van der Waals surface area contributed by atoms with Crippen LogP contribution in [0.4, 0.5) is 0 Å². The number of amides is 1. The van der Waals surface area contributed by atoms with Crippen LogP contribution in [0.5, 0.6) is 5.75 Å². The largest absolute Gasteiger partial charge is 0.483 e. The molecular weight excluding hydrogens is 292 g/mol. The lowest BCUT2D eigenvalue weighted by Gasteiger charge is -2.15. The van der Waals surface area contributed by atoms with Gasteiger partial charge in [0.1, 0.15) is 5.75 Å². The van der Waals surface area contributed by atoms with Gasteiger partial charge in [-0.05, 0) is 18.5 Å². The fourth-order valence-electron chi connectivity index (χ4n) is 2.28. The van der Waals surface area contributed by atoms with Crippen molar-refractivity contribution < 1.29 is 9.53 Å². The maximum Gasteiger partial charge on any atom is 0.257 e. The van der Waals surface area contributed by atoms with Gasteiger partial charge in [-0.3, -0.25) is 4.79 Å². The molecule has 1 heterocycles. The molecule has 23 heavy (non-hydrogen) atoms. The summed E-state index contributed by atoms with van der Waals surface area (Å²) in [7, 11) is 1.60. The first-order valence-corrected chi connectivity index (χ1v) is 7.76. The van der Waals surface area contributed by atoms with E-state index in [4.69, 9.17) is 4.74 Å². The summed E-state index contributed by atoms with van der Waals surface area (Å²) in [6, 6.07) is 7.77. The summed E-state index contributed by atoms with van der Waals surface area (Å²) in [5.41, 5.74) is 1.05. The molecule has 0 fully saturated rings. The predicted molar refractivity (Wildman–Crippen MR) is 89.1 cm³/mol. The summed E-state index contributed by atoms with van der Waals surface area (Å²) in [6.45, 7) is 4.76. The Morgan fingerprint density at radius 2 is 2.22 bits per heavy atom. The van der Waals surface area contributed by atoms with Crippen LogP contribution < -0.4 is 15.4 Å². The zero-order valence-corrected chi connectivity index (χ0v) is 13.7. The van der Waals surface area contributed by atoms with Crippen molar-refractivity contribution in [3.05, 3.63) is 48.5 Å². The lowest BCUT2D eigenvalue weighted by atomic mass is 10.1. The summed E-state index contributed by atoms with van der Waals surface area (Å²) in [4.78, 5) is 15.3. The Kier molecular flexibility index (Phi) is 6.62. The Bertz CT molecular complexity index is 598. The molecule has 0 aliphatic rings. The van der Waals surface area contributed by atoms with Gasteiger partial charge in [0.25, 0.3) is 5.91 Å². The number of nitrogens with zero attached hydrogens (tertiary/aromatic N) is 2. The molecule has 1 atom stereocenters. The van der Waals surface area contributed by atoms with Gasteiger partial charge in [0.05, 0.1) is 6.33 Å². The van der Waals surface area contributed by atoms with Crippen molar-refractivity contribution in [2.75, 3.05) is 20.2 Å². The fraction of sp³-hybridized carbons (Fsp3) is 0.412.